The molecule has 0 aliphatic carbocycles. The lowest BCUT2D eigenvalue weighted by atomic mass is 10.0. The van der Waals surface area contributed by atoms with Crippen LogP contribution in [-0.2, 0) is 4.74 Å². The third-order valence-electron chi connectivity index (χ3n) is 4.61. The number of nitrogens with one attached hydrogen (secondary N) is 1. The lowest BCUT2D eigenvalue weighted by molar-refractivity contribution is 0.113. The second kappa shape index (κ2) is 7.88. The molecule has 0 bridgehead atoms. The highest BCUT2D eigenvalue weighted by Crippen LogP contribution is 2.29. The van der Waals surface area contributed by atoms with E-state index in [4.69, 9.17) is 17.0 Å². The van der Waals surface area contributed by atoms with Gasteiger partial charge in [-0.05, 0) is 55.6 Å². The summed E-state index contributed by atoms with van der Waals surface area (Å²) in [4.78, 5) is 6.51. The fourth-order valence-electron chi connectivity index (χ4n) is 3.39. The Morgan fingerprint density at radius 1 is 1.23 bits per heavy atom. The van der Waals surface area contributed by atoms with Gasteiger partial charge in [-0.3, -0.25) is 4.98 Å². The summed E-state index contributed by atoms with van der Waals surface area (Å²) in [6, 6.07) is 4.60. The molecular formula is C17H25N3OS. The Labute approximate surface area is 138 Å². The molecule has 2 atom stereocenters. The van der Waals surface area contributed by atoms with Crippen LogP contribution < -0.4 is 5.32 Å². The number of pyridine rings is 1. The van der Waals surface area contributed by atoms with Crippen LogP contribution >= 0.6 is 12.2 Å². The zero-order valence-electron chi connectivity index (χ0n) is 13.0. The topological polar surface area (TPSA) is 37.4 Å². The van der Waals surface area contributed by atoms with Crippen molar-refractivity contribution in [1.29, 1.82) is 0 Å². The molecule has 2 aliphatic rings. The van der Waals surface area contributed by atoms with E-state index in [1.807, 2.05) is 12.4 Å². The fraction of sp³-hybridized carbons (Fsp3) is 0.647. The predicted molar refractivity (Wildman–Crippen MR) is 91.7 cm³/mol. The highest BCUT2D eigenvalue weighted by Gasteiger charge is 2.25. The Hall–Kier alpha value is -1.20. The molecule has 4 nitrogen and oxygen atoms in total. The zero-order valence-corrected chi connectivity index (χ0v) is 13.9. The van der Waals surface area contributed by atoms with Gasteiger partial charge in [0.15, 0.2) is 5.11 Å². The summed E-state index contributed by atoms with van der Waals surface area (Å²) in [6.07, 6.45) is 11.3. The first-order valence-corrected chi connectivity index (χ1v) is 8.81. The van der Waals surface area contributed by atoms with Gasteiger partial charge in [-0.25, -0.2) is 0 Å². The molecule has 0 saturated carbocycles. The molecule has 0 radical (unpaired) electrons. The minimum Gasteiger partial charge on any atom is -0.376 e. The van der Waals surface area contributed by atoms with Gasteiger partial charge in [0.05, 0.1) is 12.1 Å². The van der Waals surface area contributed by atoms with Gasteiger partial charge < -0.3 is 15.0 Å². The van der Waals surface area contributed by atoms with Crippen molar-refractivity contribution >= 4 is 17.3 Å². The molecule has 0 spiro atoms. The average molecular weight is 319 g/mol. The van der Waals surface area contributed by atoms with Crippen molar-refractivity contribution in [3.05, 3.63) is 30.1 Å². The van der Waals surface area contributed by atoms with E-state index in [0.717, 1.165) is 37.7 Å². The smallest absolute Gasteiger partial charge is 0.169 e. The van der Waals surface area contributed by atoms with E-state index in [-0.39, 0.29) is 0 Å². The van der Waals surface area contributed by atoms with E-state index < -0.39 is 0 Å². The molecule has 1 N–H and O–H groups in total. The van der Waals surface area contributed by atoms with Crippen molar-refractivity contribution in [3.63, 3.8) is 0 Å². The highest BCUT2D eigenvalue weighted by molar-refractivity contribution is 7.80. The summed E-state index contributed by atoms with van der Waals surface area (Å²) < 4.78 is 5.68. The number of ether oxygens (including phenoxy) is 1. The van der Waals surface area contributed by atoms with E-state index in [9.17, 15) is 0 Å². The summed E-state index contributed by atoms with van der Waals surface area (Å²) in [5.41, 5.74) is 1.32. The zero-order chi connectivity index (χ0) is 15.2. The Bertz CT molecular complexity index is 476. The molecular weight excluding hydrogens is 294 g/mol. The Balaban J connectivity index is 1.65. The number of aromatic nitrogens is 1. The quantitative estimate of drug-likeness (QED) is 0.867. The second-order valence-electron chi connectivity index (χ2n) is 6.16. The van der Waals surface area contributed by atoms with Crippen LogP contribution in [0.15, 0.2) is 24.5 Å². The molecule has 0 aromatic carbocycles. The van der Waals surface area contributed by atoms with Crippen LogP contribution in [0.25, 0.3) is 0 Å². The van der Waals surface area contributed by atoms with Crippen molar-refractivity contribution in [2.75, 3.05) is 19.7 Å². The van der Waals surface area contributed by atoms with Crippen LogP contribution in [-0.4, -0.2) is 40.8 Å². The van der Waals surface area contributed by atoms with E-state index in [2.05, 4.69) is 27.3 Å². The Morgan fingerprint density at radius 3 is 2.86 bits per heavy atom. The van der Waals surface area contributed by atoms with Crippen LogP contribution in [0.3, 0.4) is 0 Å². The first-order chi connectivity index (χ1) is 10.8. The van der Waals surface area contributed by atoms with Crippen LogP contribution in [0, 0.1) is 0 Å². The molecule has 2 fully saturated rings. The number of nitrogens with zero attached hydrogens (tertiary/aromatic N) is 2. The van der Waals surface area contributed by atoms with Gasteiger partial charge in [-0.15, -0.1) is 0 Å². The molecule has 5 heteroatoms. The minimum atomic E-state index is 0.323. The molecule has 2 saturated heterocycles. The van der Waals surface area contributed by atoms with Crippen LogP contribution in [0.4, 0.5) is 0 Å². The van der Waals surface area contributed by atoms with Crippen molar-refractivity contribution in [2.45, 2.75) is 50.7 Å². The van der Waals surface area contributed by atoms with Gasteiger partial charge in [0.1, 0.15) is 0 Å². The first kappa shape index (κ1) is 15.7. The summed E-state index contributed by atoms with van der Waals surface area (Å²) in [6.45, 7) is 2.76. The number of likely N-dealkylation sites (tertiary alicyclic amines) is 1. The third-order valence-corrected chi connectivity index (χ3v) is 4.99. The number of rotatable bonds is 3. The molecule has 2 unspecified atom stereocenters. The summed E-state index contributed by atoms with van der Waals surface area (Å²) in [7, 11) is 0. The summed E-state index contributed by atoms with van der Waals surface area (Å²) in [5.74, 6) is 0. The van der Waals surface area contributed by atoms with Crippen LogP contribution in [0.2, 0.25) is 0 Å². The van der Waals surface area contributed by atoms with Gasteiger partial charge in [-0.2, -0.15) is 0 Å². The third kappa shape index (κ3) is 3.96. The lowest BCUT2D eigenvalue weighted by Crippen LogP contribution is -2.44. The van der Waals surface area contributed by atoms with E-state index in [1.54, 1.807) is 0 Å². The molecule has 1 aromatic rings. The molecule has 3 rings (SSSR count). The highest BCUT2D eigenvalue weighted by atomic mass is 32.1. The van der Waals surface area contributed by atoms with Gasteiger partial charge in [0.2, 0.25) is 0 Å². The van der Waals surface area contributed by atoms with Gasteiger partial charge in [-0.1, -0.05) is 12.8 Å². The van der Waals surface area contributed by atoms with E-state index in [1.165, 1.54) is 31.2 Å². The van der Waals surface area contributed by atoms with Crippen molar-refractivity contribution in [3.8, 4) is 0 Å². The SMILES string of the molecule is S=C(NCC1CCCO1)N1CCCCCC1c1ccncc1. The van der Waals surface area contributed by atoms with Crippen molar-refractivity contribution in [2.24, 2.45) is 0 Å². The Kier molecular flexibility index (Phi) is 5.62. The summed E-state index contributed by atoms with van der Waals surface area (Å²) in [5, 5.41) is 4.31. The van der Waals surface area contributed by atoms with Crippen LogP contribution in [0.5, 0.6) is 0 Å². The van der Waals surface area contributed by atoms with Crippen LogP contribution in [0.1, 0.15) is 50.1 Å². The fourth-order valence-corrected chi connectivity index (χ4v) is 3.69. The maximum atomic E-state index is 5.69. The number of hydrogen-bond acceptors (Lipinski definition) is 3. The van der Waals surface area contributed by atoms with Crippen molar-refractivity contribution < 1.29 is 4.74 Å². The lowest BCUT2D eigenvalue weighted by Gasteiger charge is -2.33. The predicted octanol–water partition coefficient (Wildman–Crippen LogP) is 3.05. The van der Waals surface area contributed by atoms with E-state index >= 15 is 0 Å². The Morgan fingerprint density at radius 2 is 2.09 bits per heavy atom. The average Bonchev–Trinajstić information content (AvgIpc) is 2.96. The monoisotopic (exact) mass is 319 g/mol. The summed E-state index contributed by atoms with van der Waals surface area (Å²) >= 11 is 5.69. The standard InChI is InChI=1S/C17H25N3OS/c22-17(19-13-15-5-4-12-21-15)20-11-3-1-2-6-16(20)14-7-9-18-10-8-14/h7-10,15-16H,1-6,11-13H2,(H,19,22). The number of hydrogen-bond donors (Lipinski definition) is 1. The number of thiocarbonyl (C=S) groups is 1. The molecule has 2 aliphatic heterocycles. The maximum Gasteiger partial charge on any atom is 0.169 e. The van der Waals surface area contributed by atoms with Gasteiger partial charge in [0, 0.05) is 32.1 Å². The van der Waals surface area contributed by atoms with E-state index in [0.29, 0.717) is 12.1 Å². The van der Waals surface area contributed by atoms with Gasteiger partial charge >= 0.3 is 0 Å². The molecule has 3 heterocycles. The molecule has 1 aromatic heterocycles. The molecule has 120 valence electrons. The minimum absolute atomic E-state index is 0.323. The van der Waals surface area contributed by atoms with Gasteiger partial charge in [0.25, 0.3) is 0 Å². The molecule has 0 amide bonds. The van der Waals surface area contributed by atoms with Crippen molar-refractivity contribution in [1.82, 2.24) is 15.2 Å². The largest absolute Gasteiger partial charge is 0.376 e. The normalized spacial score (nSPS) is 25.7. The first-order valence-electron chi connectivity index (χ1n) is 8.40. The second-order valence-corrected chi connectivity index (χ2v) is 6.55. The molecule has 22 heavy (non-hydrogen) atoms. The maximum absolute atomic E-state index is 5.69.